The number of rotatable bonds is 4. The minimum Gasteiger partial charge on any atom is -0.379 e. The maximum absolute atomic E-state index is 13.4. The summed E-state index contributed by atoms with van der Waals surface area (Å²) in [5.74, 6) is -0.651. The summed E-state index contributed by atoms with van der Waals surface area (Å²) in [6.07, 6.45) is 0. The van der Waals surface area contributed by atoms with Crippen LogP contribution in [0, 0.1) is 15.9 Å². The van der Waals surface area contributed by atoms with Crippen molar-refractivity contribution in [2.45, 2.75) is 25.9 Å². The van der Waals surface area contributed by atoms with Gasteiger partial charge in [-0.1, -0.05) is 0 Å². The van der Waals surface area contributed by atoms with Crippen LogP contribution in [0.1, 0.15) is 13.8 Å². The molecule has 0 bridgehead atoms. The summed E-state index contributed by atoms with van der Waals surface area (Å²) in [6, 6.07) is 3.22. The van der Waals surface area contributed by atoms with Crippen LogP contribution in [0.2, 0.25) is 0 Å². The molecule has 16 heavy (non-hydrogen) atoms. The molecular formula is C10H14FN3O2. The molecule has 0 radical (unpaired) electrons. The molecule has 1 aromatic rings. The van der Waals surface area contributed by atoms with Crippen LogP contribution in [0.25, 0.3) is 0 Å². The van der Waals surface area contributed by atoms with E-state index in [0.717, 1.165) is 6.07 Å². The average Bonchev–Trinajstić information content (AvgIpc) is 2.20. The van der Waals surface area contributed by atoms with Crippen molar-refractivity contribution in [2.24, 2.45) is 5.73 Å². The predicted octanol–water partition coefficient (Wildman–Crippen LogP) is 1.88. The van der Waals surface area contributed by atoms with Gasteiger partial charge in [0.1, 0.15) is 0 Å². The van der Waals surface area contributed by atoms with E-state index in [-0.39, 0.29) is 23.5 Å². The molecule has 1 rings (SSSR count). The van der Waals surface area contributed by atoms with Gasteiger partial charge in [0.2, 0.25) is 0 Å². The Bertz CT molecular complexity index is 396. The number of nitrogens with one attached hydrogen (secondary N) is 1. The molecule has 0 fully saturated rings. The highest BCUT2D eigenvalue weighted by atomic mass is 19.1. The van der Waals surface area contributed by atoms with Gasteiger partial charge in [-0.3, -0.25) is 10.1 Å². The molecule has 0 aliphatic carbocycles. The highest BCUT2D eigenvalue weighted by Gasteiger charge is 2.13. The molecule has 1 aromatic carbocycles. The summed E-state index contributed by atoms with van der Waals surface area (Å²) < 4.78 is 13.4. The Kier molecular flexibility index (Phi) is 3.78. The topological polar surface area (TPSA) is 81.2 Å². The van der Waals surface area contributed by atoms with Crippen molar-refractivity contribution in [3.05, 3.63) is 34.1 Å². The molecule has 0 aromatic heterocycles. The number of non-ortho nitro benzene ring substituents is 1. The van der Waals surface area contributed by atoms with Gasteiger partial charge in [-0.05, 0) is 19.9 Å². The molecule has 2 atom stereocenters. The van der Waals surface area contributed by atoms with Crippen molar-refractivity contribution in [3.8, 4) is 0 Å². The van der Waals surface area contributed by atoms with Crippen LogP contribution < -0.4 is 11.1 Å². The summed E-state index contributed by atoms with van der Waals surface area (Å²) in [6.45, 7) is 3.60. The lowest BCUT2D eigenvalue weighted by Crippen LogP contribution is -2.35. The van der Waals surface area contributed by atoms with E-state index in [1.165, 1.54) is 12.1 Å². The quantitative estimate of drug-likeness (QED) is 0.607. The van der Waals surface area contributed by atoms with E-state index < -0.39 is 10.7 Å². The van der Waals surface area contributed by atoms with E-state index in [1.807, 2.05) is 6.92 Å². The number of hydrogen-bond acceptors (Lipinski definition) is 4. The minimum atomic E-state index is -0.651. The lowest BCUT2D eigenvalue weighted by Gasteiger charge is -2.18. The fourth-order valence-corrected chi connectivity index (χ4v) is 1.11. The largest absolute Gasteiger partial charge is 0.379 e. The van der Waals surface area contributed by atoms with Gasteiger partial charge >= 0.3 is 0 Å². The first-order valence-electron chi connectivity index (χ1n) is 4.88. The second-order valence-corrected chi connectivity index (χ2v) is 3.71. The van der Waals surface area contributed by atoms with Crippen LogP contribution in [0.3, 0.4) is 0 Å². The number of nitrogens with two attached hydrogens (primary N) is 1. The van der Waals surface area contributed by atoms with Gasteiger partial charge in [-0.25, -0.2) is 4.39 Å². The van der Waals surface area contributed by atoms with Gasteiger partial charge < -0.3 is 11.1 Å². The molecule has 0 amide bonds. The zero-order valence-corrected chi connectivity index (χ0v) is 9.11. The lowest BCUT2D eigenvalue weighted by atomic mass is 10.1. The molecule has 88 valence electrons. The molecule has 0 aliphatic heterocycles. The first-order valence-corrected chi connectivity index (χ1v) is 4.88. The molecule has 3 N–H and O–H groups in total. The Hall–Kier alpha value is -1.69. The first kappa shape index (κ1) is 12.4. The van der Waals surface area contributed by atoms with Crippen molar-refractivity contribution < 1.29 is 9.31 Å². The van der Waals surface area contributed by atoms with E-state index in [2.05, 4.69) is 5.32 Å². The summed E-state index contributed by atoms with van der Waals surface area (Å²) >= 11 is 0. The van der Waals surface area contributed by atoms with Crippen LogP contribution >= 0.6 is 0 Å². The van der Waals surface area contributed by atoms with Gasteiger partial charge in [0, 0.05) is 18.2 Å². The third kappa shape index (κ3) is 2.90. The third-order valence-electron chi connectivity index (χ3n) is 2.34. The number of nitrogens with zero attached hydrogens (tertiary/aromatic N) is 1. The van der Waals surface area contributed by atoms with Gasteiger partial charge in [-0.15, -0.1) is 0 Å². The van der Waals surface area contributed by atoms with Crippen molar-refractivity contribution in [1.29, 1.82) is 0 Å². The summed E-state index contributed by atoms with van der Waals surface area (Å²) in [7, 11) is 0. The smallest absolute Gasteiger partial charge is 0.272 e. The number of nitro groups is 1. The van der Waals surface area contributed by atoms with Crippen LogP contribution in [-0.2, 0) is 0 Å². The molecule has 2 unspecified atom stereocenters. The highest BCUT2D eigenvalue weighted by Crippen LogP contribution is 2.21. The molecule has 5 nitrogen and oxygen atoms in total. The van der Waals surface area contributed by atoms with Gasteiger partial charge in [-0.2, -0.15) is 0 Å². The molecule has 0 aliphatic rings. The Balaban J connectivity index is 2.87. The van der Waals surface area contributed by atoms with Crippen molar-refractivity contribution in [1.82, 2.24) is 0 Å². The number of hydrogen-bond donors (Lipinski definition) is 2. The van der Waals surface area contributed by atoms with Crippen molar-refractivity contribution in [2.75, 3.05) is 5.32 Å². The third-order valence-corrected chi connectivity index (χ3v) is 2.34. The molecule has 0 spiro atoms. The Morgan fingerprint density at radius 1 is 1.50 bits per heavy atom. The zero-order valence-electron chi connectivity index (χ0n) is 9.11. The van der Waals surface area contributed by atoms with Gasteiger partial charge in [0.15, 0.2) is 5.82 Å². The second kappa shape index (κ2) is 4.89. The molecule has 0 heterocycles. The summed E-state index contributed by atoms with van der Waals surface area (Å²) in [5, 5.41) is 13.2. The zero-order chi connectivity index (χ0) is 12.3. The van der Waals surface area contributed by atoms with Crippen LogP contribution in [-0.4, -0.2) is 17.0 Å². The number of nitro benzene ring substituents is 1. The fourth-order valence-electron chi connectivity index (χ4n) is 1.11. The standard InChI is InChI=1S/C10H14FN3O2/c1-6(12)7(2)13-10-4-3-8(14(15)16)5-9(10)11/h3-7,13H,12H2,1-2H3. The maximum Gasteiger partial charge on any atom is 0.272 e. The van der Waals surface area contributed by atoms with E-state index in [1.54, 1.807) is 6.92 Å². The number of benzene rings is 1. The Labute approximate surface area is 92.6 Å². The monoisotopic (exact) mass is 227 g/mol. The van der Waals surface area contributed by atoms with Crippen LogP contribution in [0.4, 0.5) is 15.8 Å². The van der Waals surface area contributed by atoms with E-state index >= 15 is 0 Å². The molecule has 0 saturated carbocycles. The summed E-state index contributed by atoms with van der Waals surface area (Å²) in [5.41, 5.74) is 5.57. The van der Waals surface area contributed by atoms with Crippen molar-refractivity contribution in [3.63, 3.8) is 0 Å². The fraction of sp³-hybridized carbons (Fsp3) is 0.400. The first-order chi connectivity index (χ1) is 7.41. The van der Waals surface area contributed by atoms with E-state index in [0.29, 0.717) is 0 Å². The average molecular weight is 227 g/mol. The minimum absolute atomic E-state index is 0.115. The second-order valence-electron chi connectivity index (χ2n) is 3.71. The molecular weight excluding hydrogens is 213 g/mol. The Morgan fingerprint density at radius 2 is 2.12 bits per heavy atom. The molecule has 6 heteroatoms. The SMILES string of the molecule is CC(N)C(C)Nc1ccc([N+](=O)[O-])cc1F. The van der Waals surface area contributed by atoms with Crippen LogP contribution in [0.15, 0.2) is 18.2 Å². The van der Waals surface area contributed by atoms with Crippen molar-refractivity contribution >= 4 is 11.4 Å². The normalized spacial score (nSPS) is 14.2. The van der Waals surface area contributed by atoms with Crippen LogP contribution in [0.5, 0.6) is 0 Å². The lowest BCUT2D eigenvalue weighted by molar-refractivity contribution is -0.385. The Morgan fingerprint density at radius 3 is 2.56 bits per heavy atom. The number of anilines is 1. The van der Waals surface area contributed by atoms with Gasteiger partial charge in [0.25, 0.3) is 5.69 Å². The predicted molar refractivity (Wildman–Crippen MR) is 59.8 cm³/mol. The van der Waals surface area contributed by atoms with E-state index in [9.17, 15) is 14.5 Å². The number of halogens is 1. The maximum atomic E-state index is 13.4. The van der Waals surface area contributed by atoms with E-state index in [4.69, 9.17) is 5.73 Å². The summed E-state index contributed by atoms with van der Waals surface area (Å²) in [4.78, 5) is 9.76. The highest BCUT2D eigenvalue weighted by molar-refractivity contribution is 5.50. The molecule has 0 saturated heterocycles. The van der Waals surface area contributed by atoms with Gasteiger partial charge in [0.05, 0.1) is 16.7 Å².